The van der Waals surface area contributed by atoms with Crippen LogP contribution in [-0.4, -0.2) is 8.96 Å². The van der Waals surface area contributed by atoms with Gasteiger partial charge in [-0.2, -0.15) is 0 Å². The van der Waals surface area contributed by atoms with Crippen molar-refractivity contribution in [1.29, 1.82) is 0 Å². The predicted molar refractivity (Wildman–Crippen MR) is 65.9 cm³/mol. The van der Waals surface area contributed by atoms with Crippen molar-refractivity contribution in [2.75, 3.05) is 0 Å². The maximum atomic E-state index is 13.5. The van der Waals surface area contributed by atoms with Crippen molar-refractivity contribution in [3.05, 3.63) is 35.1 Å². The average molecular weight is 243 g/mol. The third-order valence-electron chi connectivity index (χ3n) is 2.32. The minimum absolute atomic E-state index is 0.239. The lowest BCUT2D eigenvalue weighted by Crippen LogP contribution is -2.23. The largest absolute Gasteiger partial charge is 0.326 e. The Bertz CT molecular complexity index is 398. The van der Waals surface area contributed by atoms with E-state index in [0.29, 0.717) is 12.1 Å². The first-order chi connectivity index (χ1) is 7.34. The topological polar surface area (TPSA) is 43.1 Å². The van der Waals surface area contributed by atoms with Crippen LogP contribution in [0.25, 0.3) is 0 Å². The lowest BCUT2D eigenvalue weighted by molar-refractivity contribution is 0.611. The van der Waals surface area contributed by atoms with Crippen LogP contribution in [-0.2, 0) is 23.1 Å². The van der Waals surface area contributed by atoms with E-state index in [-0.39, 0.29) is 16.3 Å². The molecule has 0 amide bonds. The molecule has 1 aromatic rings. The highest BCUT2D eigenvalue weighted by Gasteiger charge is 2.20. The Balaban J connectivity index is 2.92. The molecule has 0 radical (unpaired) electrons. The van der Waals surface area contributed by atoms with Crippen molar-refractivity contribution in [3.63, 3.8) is 0 Å². The zero-order valence-corrected chi connectivity index (χ0v) is 10.7. The van der Waals surface area contributed by atoms with E-state index in [2.05, 4.69) is 0 Å². The van der Waals surface area contributed by atoms with Crippen LogP contribution in [0.4, 0.5) is 4.39 Å². The highest BCUT2D eigenvalue weighted by atomic mass is 32.2. The molecule has 1 aromatic carbocycles. The summed E-state index contributed by atoms with van der Waals surface area (Å²) in [7, 11) is -1.09. The number of hydrogen-bond acceptors (Lipinski definition) is 2. The van der Waals surface area contributed by atoms with E-state index in [4.69, 9.17) is 5.73 Å². The molecule has 0 heterocycles. The van der Waals surface area contributed by atoms with E-state index >= 15 is 0 Å². The highest BCUT2D eigenvalue weighted by molar-refractivity contribution is 7.85. The molecular weight excluding hydrogens is 225 g/mol. The average Bonchev–Trinajstić information content (AvgIpc) is 2.19. The zero-order valence-electron chi connectivity index (χ0n) is 9.92. The minimum atomic E-state index is -1.09. The summed E-state index contributed by atoms with van der Waals surface area (Å²) in [6.45, 7) is 6.02. The van der Waals surface area contributed by atoms with Gasteiger partial charge in [-0.15, -0.1) is 0 Å². The second-order valence-electron chi connectivity index (χ2n) is 4.73. The molecule has 0 bridgehead atoms. The Labute approximate surface area is 98.5 Å². The highest BCUT2D eigenvalue weighted by Crippen LogP contribution is 2.19. The summed E-state index contributed by atoms with van der Waals surface area (Å²) in [4.78, 5) is 0. The number of halogens is 1. The van der Waals surface area contributed by atoms with Crippen molar-refractivity contribution in [3.8, 4) is 0 Å². The summed E-state index contributed by atoms with van der Waals surface area (Å²) in [5, 5.41) is 0. The Morgan fingerprint density at radius 1 is 1.38 bits per heavy atom. The monoisotopic (exact) mass is 243 g/mol. The van der Waals surface area contributed by atoms with E-state index in [9.17, 15) is 8.60 Å². The molecule has 0 saturated carbocycles. The third kappa shape index (κ3) is 3.39. The summed E-state index contributed by atoms with van der Waals surface area (Å²) in [6.07, 6.45) is 0. The van der Waals surface area contributed by atoms with Gasteiger partial charge in [-0.1, -0.05) is 12.1 Å². The minimum Gasteiger partial charge on any atom is -0.326 e. The van der Waals surface area contributed by atoms with Crippen LogP contribution in [0.15, 0.2) is 18.2 Å². The van der Waals surface area contributed by atoms with Crippen LogP contribution in [0.3, 0.4) is 0 Å². The first-order valence-electron chi connectivity index (χ1n) is 5.20. The van der Waals surface area contributed by atoms with Gasteiger partial charge in [0.05, 0.1) is 5.75 Å². The molecule has 0 saturated heterocycles. The van der Waals surface area contributed by atoms with Crippen molar-refractivity contribution >= 4 is 10.8 Å². The lowest BCUT2D eigenvalue weighted by Gasteiger charge is -2.18. The van der Waals surface area contributed by atoms with E-state index < -0.39 is 10.8 Å². The molecule has 2 N–H and O–H groups in total. The van der Waals surface area contributed by atoms with Crippen LogP contribution in [0.1, 0.15) is 31.9 Å². The second kappa shape index (κ2) is 5.06. The standard InChI is InChI=1S/C12H18FNOS/c1-12(2,3)16(15)8-10-6-9(7-14)4-5-11(10)13/h4-6H,7-8,14H2,1-3H3. The van der Waals surface area contributed by atoms with Crippen LogP contribution >= 0.6 is 0 Å². The third-order valence-corrected chi connectivity index (χ3v) is 4.25. The molecule has 0 aromatic heterocycles. The molecule has 16 heavy (non-hydrogen) atoms. The van der Waals surface area contributed by atoms with Gasteiger partial charge in [0.25, 0.3) is 0 Å². The van der Waals surface area contributed by atoms with Gasteiger partial charge in [-0.05, 0) is 32.4 Å². The number of hydrogen-bond donors (Lipinski definition) is 1. The molecule has 0 fully saturated rings. The number of nitrogens with two attached hydrogens (primary N) is 1. The van der Waals surface area contributed by atoms with Gasteiger partial charge < -0.3 is 5.73 Å². The van der Waals surface area contributed by atoms with Gasteiger partial charge in [0.1, 0.15) is 5.82 Å². The van der Waals surface area contributed by atoms with Gasteiger partial charge in [0.2, 0.25) is 0 Å². The second-order valence-corrected chi connectivity index (χ2v) is 6.94. The van der Waals surface area contributed by atoms with Crippen LogP contribution < -0.4 is 5.73 Å². The van der Waals surface area contributed by atoms with Crippen LogP contribution in [0.2, 0.25) is 0 Å². The molecule has 1 unspecified atom stereocenters. The summed E-state index contributed by atoms with van der Waals surface area (Å²) in [6, 6.07) is 4.73. The van der Waals surface area contributed by atoms with Gasteiger partial charge in [-0.25, -0.2) is 4.39 Å². The number of benzene rings is 1. The summed E-state index contributed by atoms with van der Waals surface area (Å²) >= 11 is 0. The maximum absolute atomic E-state index is 13.5. The van der Waals surface area contributed by atoms with Crippen molar-refractivity contribution in [1.82, 2.24) is 0 Å². The van der Waals surface area contributed by atoms with E-state index in [1.165, 1.54) is 6.07 Å². The molecule has 90 valence electrons. The fourth-order valence-electron chi connectivity index (χ4n) is 1.22. The Morgan fingerprint density at radius 2 is 2.00 bits per heavy atom. The van der Waals surface area contributed by atoms with Gasteiger partial charge >= 0.3 is 0 Å². The summed E-state index contributed by atoms with van der Waals surface area (Å²) < 4.78 is 25.1. The fraction of sp³-hybridized carbons (Fsp3) is 0.500. The molecule has 1 rings (SSSR count). The molecule has 2 nitrogen and oxygen atoms in total. The quantitative estimate of drug-likeness (QED) is 0.885. The first kappa shape index (κ1) is 13.3. The maximum Gasteiger partial charge on any atom is 0.127 e. The van der Waals surface area contributed by atoms with E-state index in [0.717, 1.165) is 5.56 Å². The molecule has 1 atom stereocenters. The zero-order chi connectivity index (χ0) is 12.3. The van der Waals surface area contributed by atoms with Gasteiger partial charge in [0, 0.05) is 27.7 Å². The Morgan fingerprint density at radius 3 is 2.50 bits per heavy atom. The normalized spacial score (nSPS) is 13.8. The molecule has 0 aliphatic rings. The Kier molecular flexibility index (Phi) is 4.21. The smallest absolute Gasteiger partial charge is 0.127 e. The summed E-state index contributed by atoms with van der Waals surface area (Å²) in [5.41, 5.74) is 6.83. The first-order valence-corrected chi connectivity index (χ1v) is 6.52. The lowest BCUT2D eigenvalue weighted by atomic mass is 10.1. The van der Waals surface area contributed by atoms with Crippen LogP contribution in [0.5, 0.6) is 0 Å². The number of rotatable bonds is 3. The van der Waals surface area contributed by atoms with Gasteiger partial charge in [0.15, 0.2) is 0 Å². The molecule has 0 aliphatic heterocycles. The predicted octanol–water partition coefficient (Wildman–Crippen LogP) is 2.33. The van der Waals surface area contributed by atoms with Crippen molar-refractivity contribution in [2.45, 2.75) is 37.8 Å². The van der Waals surface area contributed by atoms with E-state index in [1.807, 2.05) is 20.8 Å². The fourth-order valence-corrected chi connectivity index (χ4v) is 2.16. The molecule has 0 spiro atoms. The van der Waals surface area contributed by atoms with E-state index in [1.54, 1.807) is 12.1 Å². The Hall–Kier alpha value is -0.740. The summed E-state index contributed by atoms with van der Waals surface area (Å²) in [5.74, 6) is -0.0711. The van der Waals surface area contributed by atoms with Crippen molar-refractivity contribution < 1.29 is 8.60 Å². The van der Waals surface area contributed by atoms with Crippen molar-refractivity contribution in [2.24, 2.45) is 5.73 Å². The van der Waals surface area contributed by atoms with Gasteiger partial charge in [-0.3, -0.25) is 4.21 Å². The van der Waals surface area contributed by atoms with Crippen LogP contribution in [0, 0.1) is 5.82 Å². The molecule has 4 heteroatoms. The molecular formula is C12H18FNOS. The molecule has 0 aliphatic carbocycles. The SMILES string of the molecule is CC(C)(C)S(=O)Cc1cc(CN)ccc1F.